The van der Waals surface area contributed by atoms with Crippen LogP contribution in [0.1, 0.15) is 84.1 Å². The number of allylic oxidation sites excluding steroid dienone is 1. The lowest BCUT2D eigenvalue weighted by molar-refractivity contribution is -0.159. The molecule has 3 amide bonds. The van der Waals surface area contributed by atoms with Gasteiger partial charge in [0.1, 0.15) is 17.2 Å². The molecule has 6 atom stereocenters. The standard InChI is InChI=1S/C42H54N4O7S/c1-41(2,3)53-36(47)22-29-16-8-5-4-6-11-18-32-23-42(32,40(50)44-54(51,52)33-20-21-33)43-38(48)37-35-27-45(25-31(35)26-46(37)39(29)49)24-30-17-12-13-19-34(30)28-14-9-7-10-15-28/h7,9-15,17-19,29,31-33,35,37H,4-6,8,16,20-27H2,1-3H3,(H,43,48)(H,44,50)/b18-11-/t29-,31+,32-,35+,37+,42-/m1/s1. The van der Waals surface area contributed by atoms with Crippen LogP contribution in [0, 0.1) is 23.7 Å². The highest BCUT2D eigenvalue weighted by Crippen LogP contribution is 2.47. The molecule has 12 heteroatoms. The average molecular weight is 759 g/mol. The third-order valence-corrected chi connectivity index (χ3v) is 13.5. The Hall–Kier alpha value is -4.03. The van der Waals surface area contributed by atoms with E-state index in [4.69, 9.17) is 4.74 Å². The highest BCUT2D eigenvalue weighted by atomic mass is 32.2. The number of hydrogen-bond acceptors (Lipinski definition) is 8. The molecule has 2 aliphatic carbocycles. The van der Waals surface area contributed by atoms with Gasteiger partial charge in [0.15, 0.2) is 0 Å². The van der Waals surface area contributed by atoms with Crippen molar-refractivity contribution in [3.63, 3.8) is 0 Å². The van der Waals surface area contributed by atoms with Crippen LogP contribution in [0.4, 0.5) is 0 Å². The molecule has 3 heterocycles. The Kier molecular flexibility index (Phi) is 10.8. The monoisotopic (exact) mass is 758 g/mol. The summed E-state index contributed by atoms with van der Waals surface area (Å²) in [7, 11) is -3.85. The van der Waals surface area contributed by atoms with E-state index in [0.717, 1.165) is 36.8 Å². The Balaban J connectivity index is 1.18. The lowest BCUT2D eigenvalue weighted by Crippen LogP contribution is -2.58. The summed E-state index contributed by atoms with van der Waals surface area (Å²) < 4.78 is 33.8. The third-order valence-electron chi connectivity index (χ3n) is 11.7. The van der Waals surface area contributed by atoms with E-state index < -0.39 is 56.2 Å². The number of nitrogens with one attached hydrogen (secondary N) is 2. The van der Waals surface area contributed by atoms with E-state index in [1.807, 2.05) is 42.5 Å². The molecule has 2 aromatic rings. The van der Waals surface area contributed by atoms with Crippen LogP contribution < -0.4 is 10.0 Å². The lowest BCUT2D eigenvalue weighted by atomic mass is 9.92. The molecule has 0 spiro atoms. The van der Waals surface area contributed by atoms with Crippen molar-refractivity contribution in [1.29, 1.82) is 0 Å². The van der Waals surface area contributed by atoms with Gasteiger partial charge in [0, 0.05) is 43.9 Å². The number of amides is 3. The Morgan fingerprint density at radius 3 is 2.43 bits per heavy atom. The first-order valence-corrected chi connectivity index (χ1v) is 21.2. The molecule has 5 aliphatic rings. The minimum absolute atomic E-state index is 0.00966. The fourth-order valence-corrected chi connectivity index (χ4v) is 10.2. The minimum Gasteiger partial charge on any atom is -0.460 e. The molecule has 0 bridgehead atoms. The van der Waals surface area contributed by atoms with Crippen LogP contribution in [0.3, 0.4) is 0 Å². The first-order chi connectivity index (χ1) is 25.7. The summed E-state index contributed by atoms with van der Waals surface area (Å²) in [5, 5.41) is 2.44. The number of fused-ring (bicyclic) bond motifs is 4. The van der Waals surface area contributed by atoms with E-state index in [2.05, 4.69) is 39.2 Å². The number of hydrogen-bond donors (Lipinski definition) is 2. The Morgan fingerprint density at radius 2 is 1.69 bits per heavy atom. The molecule has 2 N–H and O–H groups in total. The number of likely N-dealkylation sites (tertiary alicyclic amines) is 1. The van der Waals surface area contributed by atoms with Gasteiger partial charge in [0.2, 0.25) is 21.8 Å². The number of carbonyl (C=O) groups excluding carboxylic acids is 4. The predicted molar refractivity (Wildman–Crippen MR) is 205 cm³/mol. The van der Waals surface area contributed by atoms with E-state index in [9.17, 15) is 27.6 Å². The summed E-state index contributed by atoms with van der Waals surface area (Å²) in [6, 6.07) is 17.7. The van der Waals surface area contributed by atoms with Crippen LogP contribution in [0.25, 0.3) is 11.1 Å². The van der Waals surface area contributed by atoms with Crippen molar-refractivity contribution in [2.24, 2.45) is 23.7 Å². The molecule has 2 saturated carbocycles. The lowest BCUT2D eigenvalue weighted by Gasteiger charge is -2.33. The van der Waals surface area contributed by atoms with Gasteiger partial charge in [0.25, 0.3) is 5.91 Å². The second-order valence-electron chi connectivity index (χ2n) is 17.1. The summed E-state index contributed by atoms with van der Waals surface area (Å²) in [6.45, 7) is 7.66. The van der Waals surface area contributed by atoms with Crippen molar-refractivity contribution in [1.82, 2.24) is 19.8 Å². The summed E-state index contributed by atoms with van der Waals surface area (Å²) in [4.78, 5) is 60.4. The van der Waals surface area contributed by atoms with Gasteiger partial charge in [0.05, 0.1) is 11.7 Å². The molecule has 0 unspecified atom stereocenters. The summed E-state index contributed by atoms with van der Waals surface area (Å²) in [5.74, 6) is -3.12. The maximum absolute atomic E-state index is 14.7. The van der Waals surface area contributed by atoms with Crippen LogP contribution in [0.5, 0.6) is 0 Å². The summed E-state index contributed by atoms with van der Waals surface area (Å²) in [6.07, 6.45) is 8.84. The zero-order chi connectivity index (χ0) is 38.3. The number of benzene rings is 2. The largest absolute Gasteiger partial charge is 0.460 e. The average Bonchev–Trinajstić information content (AvgIpc) is 4.02. The van der Waals surface area contributed by atoms with Crippen LogP contribution in [0.15, 0.2) is 66.7 Å². The molecular weight excluding hydrogens is 705 g/mol. The van der Waals surface area contributed by atoms with Crippen LogP contribution >= 0.6 is 0 Å². The van der Waals surface area contributed by atoms with Gasteiger partial charge >= 0.3 is 5.97 Å². The number of carbonyl (C=O) groups is 4. The molecule has 11 nitrogen and oxygen atoms in total. The molecule has 54 heavy (non-hydrogen) atoms. The van der Waals surface area contributed by atoms with Gasteiger partial charge in [-0.2, -0.15) is 0 Å². The van der Waals surface area contributed by atoms with Crippen molar-refractivity contribution in [3.05, 3.63) is 72.3 Å². The molecule has 0 radical (unpaired) electrons. The quantitative estimate of drug-likeness (QED) is 0.284. The third kappa shape index (κ3) is 8.44. The van der Waals surface area contributed by atoms with Crippen molar-refractivity contribution in [2.45, 2.75) is 108 Å². The Labute approximate surface area is 319 Å². The van der Waals surface area contributed by atoms with E-state index in [1.54, 1.807) is 25.7 Å². The number of ether oxygens (including phenoxy) is 1. The molecular formula is C42H54N4O7S. The minimum atomic E-state index is -3.85. The van der Waals surface area contributed by atoms with E-state index in [-0.39, 0.29) is 36.5 Å². The van der Waals surface area contributed by atoms with Gasteiger partial charge in [-0.05, 0) is 81.9 Å². The maximum Gasteiger partial charge on any atom is 0.307 e. The summed E-state index contributed by atoms with van der Waals surface area (Å²) >= 11 is 0. The fraction of sp³-hybridized carbons (Fsp3) is 0.571. The Bertz CT molecular complexity index is 1890. The zero-order valence-electron chi connectivity index (χ0n) is 31.7. The second-order valence-corrected chi connectivity index (χ2v) is 19.0. The SMILES string of the molecule is CC(C)(C)OC(=O)C[C@H]1CCCCC/C=C\[C@@H]2C[C@@]2(C(=O)NS(=O)(=O)C2CC2)NC(=O)[C@@H]2[C@H]3CN(Cc4ccccc4-c4ccccc4)C[C@H]3CN2C1=O. The molecule has 2 saturated heterocycles. The normalized spacial score (nSPS) is 29.8. The number of sulfonamides is 1. The molecule has 0 aromatic heterocycles. The number of esters is 1. The van der Waals surface area contributed by atoms with Gasteiger partial charge in [-0.1, -0.05) is 79.6 Å². The highest BCUT2D eigenvalue weighted by molar-refractivity contribution is 7.91. The number of rotatable bonds is 8. The number of nitrogens with zero attached hydrogens (tertiary/aromatic N) is 2. The summed E-state index contributed by atoms with van der Waals surface area (Å²) in [5.41, 5.74) is 1.31. The van der Waals surface area contributed by atoms with Crippen molar-refractivity contribution in [3.8, 4) is 11.1 Å². The highest BCUT2D eigenvalue weighted by Gasteiger charge is 2.63. The van der Waals surface area contributed by atoms with Crippen molar-refractivity contribution in [2.75, 3.05) is 19.6 Å². The predicted octanol–water partition coefficient (Wildman–Crippen LogP) is 4.96. The van der Waals surface area contributed by atoms with Gasteiger partial charge < -0.3 is 15.0 Å². The second kappa shape index (κ2) is 15.2. The first kappa shape index (κ1) is 38.3. The Morgan fingerprint density at radius 1 is 0.944 bits per heavy atom. The van der Waals surface area contributed by atoms with Crippen molar-refractivity contribution >= 4 is 33.7 Å². The van der Waals surface area contributed by atoms with Gasteiger partial charge in [-0.3, -0.25) is 28.8 Å². The fourth-order valence-electron chi connectivity index (χ4n) is 8.81. The zero-order valence-corrected chi connectivity index (χ0v) is 32.5. The van der Waals surface area contributed by atoms with Gasteiger partial charge in [-0.25, -0.2) is 8.42 Å². The molecule has 7 rings (SSSR count). The van der Waals surface area contributed by atoms with E-state index >= 15 is 0 Å². The molecule has 4 fully saturated rings. The van der Waals surface area contributed by atoms with Crippen LogP contribution in [-0.4, -0.2) is 84.0 Å². The topological polar surface area (TPSA) is 142 Å². The molecule has 3 aliphatic heterocycles. The molecule has 2 aromatic carbocycles. The van der Waals surface area contributed by atoms with Gasteiger partial charge in [-0.15, -0.1) is 0 Å². The van der Waals surface area contributed by atoms with E-state index in [0.29, 0.717) is 45.4 Å². The maximum atomic E-state index is 14.7. The van der Waals surface area contributed by atoms with Crippen LogP contribution in [-0.2, 0) is 40.5 Å². The van der Waals surface area contributed by atoms with Crippen LogP contribution in [0.2, 0.25) is 0 Å². The smallest absolute Gasteiger partial charge is 0.307 e. The van der Waals surface area contributed by atoms with E-state index in [1.165, 1.54) is 5.56 Å². The molecule has 290 valence electrons. The first-order valence-electron chi connectivity index (χ1n) is 19.7. The van der Waals surface area contributed by atoms with Crippen molar-refractivity contribution < 1.29 is 32.3 Å².